The van der Waals surface area contributed by atoms with Crippen LogP contribution in [0.5, 0.6) is 5.75 Å². The van der Waals surface area contributed by atoms with Crippen LogP contribution in [-0.2, 0) is 6.61 Å². The second-order valence-corrected chi connectivity index (χ2v) is 5.15. The molecule has 0 heterocycles. The summed E-state index contributed by atoms with van der Waals surface area (Å²) >= 11 is 5.78. The van der Waals surface area contributed by atoms with Gasteiger partial charge in [0.25, 0.3) is 5.91 Å². The van der Waals surface area contributed by atoms with Gasteiger partial charge in [0, 0.05) is 5.02 Å². The van der Waals surface area contributed by atoms with Crippen molar-refractivity contribution < 1.29 is 22.7 Å². The first-order valence-corrected chi connectivity index (χ1v) is 7.04. The molecule has 0 unspecified atom stereocenters. The normalized spacial score (nSPS) is 11.1. The molecule has 0 bridgehead atoms. The molecule has 0 saturated carbocycles. The Kier molecular flexibility index (Phi) is 5.50. The fraction of sp³-hybridized carbons (Fsp3) is 0.188. The maximum Gasteiger partial charge on any atom is 0.405 e. The fourth-order valence-corrected chi connectivity index (χ4v) is 1.92. The Labute approximate surface area is 136 Å². The lowest BCUT2D eigenvalue weighted by Gasteiger charge is -2.13. The first-order valence-electron chi connectivity index (χ1n) is 6.66. The van der Waals surface area contributed by atoms with Crippen LogP contribution in [0.25, 0.3) is 0 Å². The molecule has 2 aromatic rings. The molecule has 0 atom stereocenters. The zero-order valence-electron chi connectivity index (χ0n) is 11.9. The second kappa shape index (κ2) is 7.37. The molecular weight excluding hydrogens is 331 g/mol. The molecule has 0 radical (unpaired) electrons. The van der Waals surface area contributed by atoms with E-state index < -0.39 is 18.6 Å². The van der Waals surface area contributed by atoms with Crippen molar-refractivity contribution in [2.75, 3.05) is 6.54 Å². The van der Waals surface area contributed by atoms with Crippen LogP contribution in [0.2, 0.25) is 5.02 Å². The number of hydrogen-bond donors (Lipinski definition) is 1. The Bertz CT molecular complexity index is 672. The lowest BCUT2D eigenvalue weighted by molar-refractivity contribution is -0.123. The number of nitrogens with one attached hydrogen (secondary N) is 1. The van der Waals surface area contributed by atoms with Crippen molar-refractivity contribution in [3.63, 3.8) is 0 Å². The summed E-state index contributed by atoms with van der Waals surface area (Å²) in [6.07, 6.45) is -4.46. The predicted molar refractivity (Wildman–Crippen MR) is 80.6 cm³/mol. The number of carbonyl (C=O) groups excluding carboxylic acids is 1. The van der Waals surface area contributed by atoms with Gasteiger partial charge < -0.3 is 10.1 Å². The van der Waals surface area contributed by atoms with E-state index in [1.807, 2.05) is 5.32 Å². The Morgan fingerprint density at radius 1 is 1.09 bits per heavy atom. The molecule has 2 rings (SSSR count). The van der Waals surface area contributed by atoms with Gasteiger partial charge in [-0.2, -0.15) is 13.2 Å². The third-order valence-corrected chi connectivity index (χ3v) is 3.14. The smallest absolute Gasteiger partial charge is 0.405 e. The molecule has 1 N–H and O–H groups in total. The third-order valence-electron chi connectivity index (χ3n) is 2.89. The van der Waals surface area contributed by atoms with E-state index in [2.05, 4.69) is 0 Å². The highest BCUT2D eigenvalue weighted by molar-refractivity contribution is 6.30. The van der Waals surface area contributed by atoms with E-state index in [4.69, 9.17) is 16.3 Å². The van der Waals surface area contributed by atoms with Crippen LogP contribution in [0, 0.1) is 0 Å². The number of benzene rings is 2. The molecule has 0 saturated heterocycles. The highest BCUT2D eigenvalue weighted by atomic mass is 35.5. The molecule has 0 aliphatic carbocycles. The van der Waals surface area contributed by atoms with Crippen LogP contribution >= 0.6 is 11.6 Å². The lowest BCUT2D eigenvalue weighted by Crippen LogP contribution is -2.33. The Morgan fingerprint density at radius 3 is 2.39 bits per heavy atom. The number of ether oxygens (including phenoxy) is 1. The largest absolute Gasteiger partial charge is 0.488 e. The molecule has 3 nitrogen and oxygen atoms in total. The molecule has 0 aliphatic heterocycles. The quantitative estimate of drug-likeness (QED) is 0.883. The highest BCUT2D eigenvalue weighted by Crippen LogP contribution is 2.20. The molecule has 0 spiro atoms. The maximum absolute atomic E-state index is 12.2. The summed E-state index contributed by atoms with van der Waals surface area (Å²) in [5.41, 5.74) is 0.866. The fourth-order valence-electron chi connectivity index (χ4n) is 1.80. The predicted octanol–water partition coefficient (Wildman–Crippen LogP) is 4.21. The molecule has 122 valence electrons. The van der Waals surface area contributed by atoms with E-state index in [-0.39, 0.29) is 17.9 Å². The van der Waals surface area contributed by atoms with E-state index in [0.717, 1.165) is 5.56 Å². The summed E-state index contributed by atoms with van der Waals surface area (Å²) in [4.78, 5) is 11.9. The number of amides is 1. The van der Waals surface area contributed by atoms with Gasteiger partial charge in [-0.05, 0) is 29.8 Å². The van der Waals surface area contributed by atoms with Gasteiger partial charge >= 0.3 is 6.18 Å². The van der Waals surface area contributed by atoms with Crippen molar-refractivity contribution >= 4 is 17.5 Å². The van der Waals surface area contributed by atoms with Crippen LogP contribution in [0.3, 0.4) is 0 Å². The van der Waals surface area contributed by atoms with Gasteiger partial charge in [-0.15, -0.1) is 0 Å². The summed E-state index contributed by atoms with van der Waals surface area (Å²) in [6, 6.07) is 13.0. The molecule has 7 heteroatoms. The van der Waals surface area contributed by atoms with Crippen molar-refractivity contribution in [2.45, 2.75) is 12.8 Å². The summed E-state index contributed by atoms with van der Waals surface area (Å²) < 4.78 is 42.1. The Hall–Kier alpha value is -2.21. The van der Waals surface area contributed by atoms with Crippen LogP contribution in [0.1, 0.15) is 15.9 Å². The van der Waals surface area contributed by atoms with E-state index in [1.54, 1.807) is 36.4 Å². The minimum absolute atomic E-state index is 0.0470. The lowest BCUT2D eigenvalue weighted by atomic mass is 10.2. The average molecular weight is 344 g/mol. The van der Waals surface area contributed by atoms with Gasteiger partial charge in [-0.25, -0.2) is 0 Å². The Balaban J connectivity index is 2.05. The van der Waals surface area contributed by atoms with Crippen molar-refractivity contribution in [3.8, 4) is 5.75 Å². The van der Waals surface area contributed by atoms with Gasteiger partial charge in [0.15, 0.2) is 0 Å². The Morgan fingerprint density at radius 2 is 1.74 bits per heavy atom. The van der Waals surface area contributed by atoms with Crippen molar-refractivity contribution in [1.29, 1.82) is 0 Å². The number of alkyl halides is 3. The van der Waals surface area contributed by atoms with Crippen LogP contribution in [-0.4, -0.2) is 18.6 Å². The van der Waals surface area contributed by atoms with Gasteiger partial charge in [0.1, 0.15) is 18.9 Å². The van der Waals surface area contributed by atoms with E-state index in [0.29, 0.717) is 5.02 Å². The molecule has 2 aromatic carbocycles. The van der Waals surface area contributed by atoms with Crippen LogP contribution in [0.4, 0.5) is 13.2 Å². The minimum atomic E-state index is -4.46. The molecule has 0 aliphatic rings. The minimum Gasteiger partial charge on any atom is -0.488 e. The van der Waals surface area contributed by atoms with E-state index in [1.165, 1.54) is 12.1 Å². The van der Waals surface area contributed by atoms with Crippen LogP contribution in [0.15, 0.2) is 48.5 Å². The highest BCUT2D eigenvalue weighted by Gasteiger charge is 2.28. The van der Waals surface area contributed by atoms with Gasteiger partial charge in [-0.3, -0.25) is 4.79 Å². The maximum atomic E-state index is 12.2. The van der Waals surface area contributed by atoms with E-state index in [9.17, 15) is 18.0 Å². The zero-order valence-corrected chi connectivity index (χ0v) is 12.6. The third kappa shape index (κ3) is 5.49. The monoisotopic (exact) mass is 343 g/mol. The second-order valence-electron chi connectivity index (χ2n) is 4.71. The average Bonchev–Trinajstić information content (AvgIpc) is 2.52. The first kappa shape index (κ1) is 17.1. The molecular formula is C16H13ClF3NO2. The number of halogens is 4. The number of rotatable bonds is 5. The van der Waals surface area contributed by atoms with Gasteiger partial charge in [0.2, 0.25) is 0 Å². The first-order chi connectivity index (χ1) is 10.8. The standard InChI is InChI=1S/C16H13ClF3NO2/c17-12-7-5-11(6-8-12)9-23-14-4-2-1-3-13(14)15(22)21-10-16(18,19)20/h1-8H,9-10H2,(H,21,22). The summed E-state index contributed by atoms with van der Waals surface area (Å²) in [6.45, 7) is -1.22. The summed E-state index contributed by atoms with van der Waals surface area (Å²) in [5, 5.41) is 2.41. The SMILES string of the molecule is O=C(NCC(F)(F)F)c1ccccc1OCc1ccc(Cl)cc1. The zero-order chi connectivity index (χ0) is 16.9. The number of para-hydroxylation sites is 1. The summed E-state index contributed by atoms with van der Waals surface area (Å²) in [5.74, 6) is -0.629. The van der Waals surface area contributed by atoms with Crippen molar-refractivity contribution in [1.82, 2.24) is 5.32 Å². The molecule has 0 aromatic heterocycles. The van der Waals surface area contributed by atoms with Crippen molar-refractivity contribution in [3.05, 3.63) is 64.7 Å². The van der Waals surface area contributed by atoms with Gasteiger partial charge in [-0.1, -0.05) is 35.9 Å². The van der Waals surface area contributed by atoms with Gasteiger partial charge in [0.05, 0.1) is 5.56 Å². The molecule has 23 heavy (non-hydrogen) atoms. The number of carbonyl (C=O) groups is 1. The topological polar surface area (TPSA) is 38.3 Å². The van der Waals surface area contributed by atoms with Crippen LogP contribution < -0.4 is 10.1 Å². The number of hydrogen-bond acceptors (Lipinski definition) is 2. The van der Waals surface area contributed by atoms with E-state index >= 15 is 0 Å². The van der Waals surface area contributed by atoms with Crippen molar-refractivity contribution in [2.24, 2.45) is 0 Å². The molecule has 0 fully saturated rings. The summed E-state index contributed by atoms with van der Waals surface area (Å²) in [7, 11) is 0. The molecule has 1 amide bonds.